The number of likely N-dealkylation sites (N-methyl/N-ethyl adjacent to an activating group) is 2. The molecule has 3 aromatic carbocycles. The standard InChI is InChI=1S/C31H33N5O4.BrH/c1-34-15-17-36(18-16-34)20-27(37)35(2)24-12-10-23(11-13-24)32-29(21-7-5-4-6-8-21)28-25-14-9-22(31(39)40-3)19-26(25)33-30(28)38;/h4-14,19,33,38H,15-18,20H2,1-3H3;1H. The fourth-order valence-corrected chi connectivity index (χ4v) is 4.86. The van der Waals surface area contributed by atoms with Gasteiger partial charge in [0.15, 0.2) is 5.88 Å². The molecule has 0 unspecified atom stereocenters. The van der Waals surface area contributed by atoms with Crippen molar-refractivity contribution in [3.8, 4) is 5.88 Å². The minimum absolute atomic E-state index is 0. The number of anilines is 1. The maximum Gasteiger partial charge on any atom is 0.337 e. The Kier molecular flexibility index (Phi) is 9.59. The number of hydrogen-bond acceptors (Lipinski definition) is 7. The highest BCUT2D eigenvalue weighted by Crippen LogP contribution is 2.32. The van der Waals surface area contributed by atoms with Gasteiger partial charge in [-0.1, -0.05) is 36.4 Å². The van der Waals surface area contributed by atoms with Gasteiger partial charge in [-0.2, -0.15) is 0 Å². The molecule has 41 heavy (non-hydrogen) atoms. The smallest absolute Gasteiger partial charge is 0.337 e. The first-order valence-corrected chi connectivity index (χ1v) is 13.2. The van der Waals surface area contributed by atoms with Crippen LogP contribution in [0.1, 0.15) is 21.5 Å². The molecule has 0 bridgehead atoms. The Bertz CT molecular complexity index is 1540. The van der Waals surface area contributed by atoms with Gasteiger partial charge in [0.05, 0.1) is 36.2 Å². The summed E-state index contributed by atoms with van der Waals surface area (Å²) in [5.74, 6) is -0.465. The molecule has 4 aromatic rings. The van der Waals surface area contributed by atoms with E-state index in [9.17, 15) is 14.7 Å². The molecule has 2 heterocycles. The average Bonchev–Trinajstić information content (AvgIpc) is 3.31. The number of halogens is 1. The number of benzene rings is 3. The summed E-state index contributed by atoms with van der Waals surface area (Å²) in [7, 11) is 5.22. The monoisotopic (exact) mass is 619 g/mol. The van der Waals surface area contributed by atoms with Crippen molar-refractivity contribution in [1.82, 2.24) is 14.8 Å². The van der Waals surface area contributed by atoms with Crippen molar-refractivity contribution in [2.45, 2.75) is 0 Å². The number of methoxy groups -OCH3 is 1. The van der Waals surface area contributed by atoms with E-state index >= 15 is 0 Å². The van der Waals surface area contributed by atoms with Crippen LogP contribution in [0.2, 0.25) is 0 Å². The van der Waals surface area contributed by atoms with Crippen LogP contribution in [-0.2, 0) is 9.53 Å². The van der Waals surface area contributed by atoms with Crippen molar-refractivity contribution in [3.63, 3.8) is 0 Å². The number of ether oxygens (including phenoxy) is 1. The van der Waals surface area contributed by atoms with Gasteiger partial charge < -0.3 is 24.6 Å². The number of aromatic nitrogens is 1. The second kappa shape index (κ2) is 13.1. The zero-order valence-corrected chi connectivity index (χ0v) is 25.0. The second-order valence-corrected chi connectivity index (χ2v) is 9.98. The molecule has 0 atom stereocenters. The normalized spacial score (nSPS) is 14.5. The molecular weight excluding hydrogens is 586 g/mol. The number of nitrogens with zero attached hydrogens (tertiary/aromatic N) is 4. The predicted molar refractivity (Wildman–Crippen MR) is 167 cm³/mol. The lowest BCUT2D eigenvalue weighted by molar-refractivity contribution is -0.119. The van der Waals surface area contributed by atoms with Gasteiger partial charge in [-0.15, -0.1) is 17.0 Å². The molecule has 5 rings (SSSR count). The number of hydrogen-bond donors (Lipinski definition) is 2. The number of piperazine rings is 1. The van der Waals surface area contributed by atoms with Gasteiger partial charge in [0.1, 0.15) is 0 Å². The van der Waals surface area contributed by atoms with Gasteiger partial charge in [-0.3, -0.25) is 9.69 Å². The summed E-state index contributed by atoms with van der Waals surface area (Å²) in [6.45, 7) is 4.09. The first-order chi connectivity index (χ1) is 19.3. The number of carbonyl (C=O) groups is 2. The first-order valence-electron chi connectivity index (χ1n) is 13.2. The van der Waals surface area contributed by atoms with Crippen molar-refractivity contribution < 1.29 is 19.4 Å². The third kappa shape index (κ3) is 6.67. The Balaban J connectivity index is 0.00000387. The topological polar surface area (TPSA) is 101 Å². The van der Waals surface area contributed by atoms with Crippen molar-refractivity contribution in [1.29, 1.82) is 0 Å². The summed E-state index contributed by atoms with van der Waals surface area (Å²) in [6.07, 6.45) is 0. The SMILES string of the molecule is Br.COC(=O)c1ccc2c(C(=Nc3ccc(N(C)C(=O)CN4CCN(C)CC4)cc3)c3ccccc3)c(O)[nH]c2c1. The van der Waals surface area contributed by atoms with Gasteiger partial charge >= 0.3 is 5.97 Å². The maximum absolute atomic E-state index is 12.9. The van der Waals surface area contributed by atoms with Crippen LogP contribution in [0, 0.1) is 0 Å². The number of fused-ring (bicyclic) bond motifs is 1. The van der Waals surface area contributed by atoms with Crippen molar-refractivity contribution in [3.05, 3.63) is 89.5 Å². The van der Waals surface area contributed by atoms with Crippen molar-refractivity contribution in [2.24, 2.45) is 4.99 Å². The minimum Gasteiger partial charge on any atom is -0.494 e. The molecule has 1 fully saturated rings. The lowest BCUT2D eigenvalue weighted by Gasteiger charge is -2.32. The minimum atomic E-state index is -0.457. The number of amides is 1. The molecular formula is C31H34BrN5O4. The summed E-state index contributed by atoms with van der Waals surface area (Å²) >= 11 is 0. The number of esters is 1. The molecule has 1 aromatic heterocycles. The molecule has 9 nitrogen and oxygen atoms in total. The molecule has 0 radical (unpaired) electrons. The number of carbonyl (C=O) groups excluding carboxylic acids is 2. The average molecular weight is 621 g/mol. The molecule has 1 aliphatic heterocycles. The highest BCUT2D eigenvalue weighted by Gasteiger charge is 2.21. The van der Waals surface area contributed by atoms with Crippen LogP contribution >= 0.6 is 17.0 Å². The molecule has 1 saturated heterocycles. The number of H-pyrrole nitrogens is 1. The summed E-state index contributed by atoms with van der Waals surface area (Å²) in [4.78, 5) is 39.0. The zero-order valence-electron chi connectivity index (χ0n) is 23.3. The Hall–Kier alpha value is -3.99. The number of nitrogens with one attached hydrogen (secondary N) is 1. The third-order valence-corrected chi connectivity index (χ3v) is 7.29. The van der Waals surface area contributed by atoms with Gasteiger partial charge in [0, 0.05) is 55.4 Å². The van der Waals surface area contributed by atoms with Crippen LogP contribution < -0.4 is 4.90 Å². The van der Waals surface area contributed by atoms with Crippen LogP contribution in [0.5, 0.6) is 5.88 Å². The Morgan fingerprint density at radius 3 is 2.32 bits per heavy atom. The van der Waals surface area contributed by atoms with E-state index in [0.717, 1.165) is 42.8 Å². The first kappa shape index (κ1) is 30.0. The van der Waals surface area contributed by atoms with Gasteiger partial charge in [0.2, 0.25) is 5.91 Å². The van der Waals surface area contributed by atoms with Crippen LogP contribution in [0.4, 0.5) is 11.4 Å². The van der Waals surface area contributed by atoms with E-state index < -0.39 is 5.97 Å². The Morgan fingerprint density at radius 1 is 0.976 bits per heavy atom. The molecule has 0 spiro atoms. The number of rotatable bonds is 7. The molecule has 0 aliphatic carbocycles. The summed E-state index contributed by atoms with van der Waals surface area (Å²) < 4.78 is 4.83. The van der Waals surface area contributed by atoms with Crippen LogP contribution in [0.3, 0.4) is 0 Å². The maximum atomic E-state index is 12.9. The highest BCUT2D eigenvalue weighted by molar-refractivity contribution is 8.93. The highest BCUT2D eigenvalue weighted by atomic mass is 79.9. The van der Waals surface area contributed by atoms with E-state index in [0.29, 0.717) is 34.6 Å². The Labute approximate surface area is 249 Å². The number of aromatic amines is 1. The summed E-state index contributed by atoms with van der Waals surface area (Å²) in [5.41, 5.74) is 4.34. The fourth-order valence-electron chi connectivity index (χ4n) is 4.86. The van der Waals surface area contributed by atoms with Crippen LogP contribution in [0.15, 0.2) is 77.8 Å². The molecule has 1 amide bonds. The van der Waals surface area contributed by atoms with Gasteiger partial charge in [-0.25, -0.2) is 9.79 Å². The van der Waals surface area contributed by atoms with Gasteiger partial charge in [-0.05, 0) is 43.4 Å². The van der Waals surface area contributed by atoms with E-state index in [1.54, 1.807) is 30.1 Å². The van der Waals surface area contributed by atoms with Gasteiger partial charge in [0.25, 0.3) is 0 Å². The predicted octanol–water partition coefficient (Wildman–Crippen LogP) is 4.62. The molecule has 0 saturated carbocycles. The van der Waals surface area contributed by atoms with E-state index in [1.807, 2.05) is 54.6 Å². The van der Waals surface area contributed by atoms with Crippen molar-refractivity contribution >= 4 is 56.8 Å². The van der Waals surface area contributed by atoms with Crippen molar-refractivity contribution in [2.75, 3.05) is 58.8 Å². The Morgan fingerprint density at radius 2 is 1.66 bits per heavy atom. The quantitative estimate of drug-likeness (QED) is 0.231. The number of aromatic hydroxyl groups is 1. The van der Waals surface area contributed by atoms with E-state index in [1.165, 1.54) is 7.11 Å². The molecule has 10 heteroatoms. The zero-order chi connectivity index (χ0) is 28.2. The largest absolute Gasteiger partial charge is 0.494 e. The van der Waals surface area contributed by atoms with E-state index in [4.69, 9.17) is 9.73 Å². The molecule has 214 valence electrons. The van der Waals surface area contributed by atoms with Crippen LogP contribution in [0.25, 0.3) is 10.9 Å². The third-order valence-electron chi connectivity index (χ3n) is 7.29. The van der Waals surface area contributed by atoms with E-state index in [-0.39, 0.29) is 28.8 Å². The summed E-state index contributed by atoms with van der Waals surface area (Å²) in [6, 6.07) is 22.2. The second-order valence-electron chi connectivity index (χ2n) is 9.98. The molecule has 1 aliphatic rings. The van der Waals surface area contributed by atoms with Crippen LogP contribution in [-0.4, -0.2) is 91.4 Å². The molecule has 2 N–H and O–H groups in total. The van der Waals surface area contributed by atoms with E-state index in [2.05, 4.69) is 21.8 Å². The lowest BCUT2D eigenvalue weighted by atomic mass is 10.00. The summed E-state index contributed by atoms with van der Waals surface area (Å²) in [5, 5.41) is 11.7. The number of aliphatic imine (C=N–C) groups is 1. The lowest BCUT2D eigenvalue weighted by Crippen LogP contribution is -2.48. The fraction of sp³-hybridized carbons (Fsp3) is 0.258.